The zero-order valence-corrected chi connectivity index (χ0v) is 9.67. The van der Waals surface area contributed by atoms with Crippen LogP contribution in [0, 0.1) is 0 Å². The second kappa shape index (κ2) is 4.11. The highest BCUT2D eigenvalue weighted by Gasteiger charge is 2.22. The van der Waals surface area contributed by atoms with Gasteiger partial charge in [-0.15, -0.1) is 11.8 Å². The maximum Gasteiger partial charge on any atom is 0.258 e. The molecule has 0 unspecified atom stereocenters. The lowest BCUT2D eigenvalue weighted by Gasteiger charge is -2.17. The van der Waals surface area contributed by atoms with Gasteiger partial charge in [-0.2, -0.15) is 0 Å². The molecule has 1 aromatic rings. The molecule has 0 aliphatic carbocycles. The molecule has 0 N–H and O–H groups in total. The summed E-state index contributed by atoms with van der Waals surface area (Å²) < 4.78 is 0. The Labute approximate surface area is 94.0 Å². The van der Waals surface area contributed by atoms with Crippen LogP contribution in [-0.4, -0.2) is 23.6 Å². The Hall–Kier alpha value is -1.22. The van der Waals surface area contributed by atoms with E-state index in [1.165, 1.54) is 0 Å². The zero-order valence-electron chi connectivity index (χ0n) is 8.86. The van der Waals surface area contributed by atoms with E-state index in [1.807, 2.05) is 44.3 Å². The third kappa shape index (κ3) is 1.79. The summed E-state index contributed by atoms with van der Waals surface area (Å²) in [5.74, 6) is 0.944. The van der Waals surface area contributed by atoms with Crippen molar-refractivity contribution in [1.82, 2.24) is 4.90 Å². The van der Waals surface area contributed by atoms with E-state index in [4.69, 9.17) is 0 Å². The van der Waals surface area contributed by atoms with Gasteiger partial charge in [-0.1, -0.05) is 18.2 Å². The van der Waals surface area contributed by atoms with E-state index in [9.17, 15) is 4.79 Å². The van der Waals surface area contributed by atoms with Crippen LogP contribution in [0.15, 0.2) is 40.9 Å². The van der Waals surface area contributed by atoms with Crippen LogP contribution in [-0.2, 0) is 0 Å². The minimum atomic E-state index is 0.0868. The Morgan fingerprint density at radius 3 is 2.87 bits per heavy atom. The first-order valence-electron chi connectivity index (χ1n) is 4.89. The molecular formula is C12H13NOS. The van der Waals surface area contributed by atoms with Gasteiger partial charge in [-0.05, 0) is 19.1 Å². The predicted molar refractivity (Wildman–Crippen MR) is 63.0 cm³/mol. The van der Waals surface area contributed by atoms with Crippen molar-refractivity contribution in [3.8, 4) is 0 Å². The van der Waals surface area contributed by atoms with Crippen LogP contribution < -0.4 is 0 Å². The normalized spacial score (nSPS) is 18.9. The number of carbonyl (C=O) groups is 1. The fourth-order valence-electron chi connectivity index (χ4n) is 1.61. The van der Waals surface area contributed by atoms with Gasteiger partial charge in [-0.25, -0.2) is 0 Å². The van der Waals surface area contributed by atoms with Gasteiger partial charge < -0.3 is 4.90 Å². The van der Waals surface area contributed by atoms with Crippen LogP contribution in [0.3, 0.4) is 0 Å². The van der Waals surface area contributed by atoms with E-state index in [0.717, 1.165) is 21.9 Å². The molecule has 1 heterocycles. The number of carbonyl (C=O) groups excluding carboxylic acids is 1. The molecule has 2 nitrogen and oxygen atoms in total. The van der Waals surface area contributed by atoms with Crippen LogP contribution in [0.25, 0.3) is 0 Å². The number of fused-ring (bicyclic) bond motifs is 1. The molecule has 0 fully saturated rings. The fourth-order valence-corrected chi connectivity index (χ4v) is 2.76. The van der Waals surface area contributed by atoms with Crippen molar-refractivity contribution in [1.29, 1.82) is 0 Å². The van der Waals surface area contributed by atoms with E-state index in [2.05, 4.69) is 0 Å². The first-order valence-corrected chi connectivity index (χ1v) is 5.87. The second-order valence-corrected chi connectivity index (χ2v) is 4.45. The predicted octanol–water partition coefficient (Wildman–Crippen LogP) is 2.77. The van der Waals surface area contributed by atoms with Crippen LogP contribution in [0.4, 0.5) is 0 Å². The number of rotatable bonds is 0. The van der Waals surface area contributed by atoms with Crippen molar-refractivity contribution < 1.29 is 4.79 Å². The molecule has 0 radical (unpaired) electrons. The third-order valence-electron chi connectivity index (χ3n) is 2.56. The number of hydrogen-bond acceptors (Lipinski definition) is 2. The summed E-state index contributed by atoms with van der Waals surface area (Å²) in [6.07, 6.45) is 2.00. The van der Waals surface area contributed by atoms with Gasteiger partial charge in [0.05, 0.1) is 5.56 Å². The molecule has 1 aliphatic heterocycles. The Balaban J connectivity index is 2.48. The number of benzene rings is 1. The number of amides is 1. The monoisotopic (exact) mass is 219 g/mol. The highest BCUT2D eigenvalue weighted by atomic mass is 32.2. The molecule has 78 valence electrons. The minimum absolute atomic E-state index is 0.0868. The molecular weight excluding hydrogens is 206 g/mol. The molecule has 0 saturated carbocycles. The molecule has 0 saturated heterocycles. The van der Waals surface area contributed by atoms with Crippen molar-refractivity contribution in [2.45, 2.75) is 11.8 Å². The van der Waals surface area contributed by atoms with Gasteiger partial charge in [0.15, 0.2) is 0 Å². The Morgan fingerprint density at radius 1 is 1.40 bits per heavy atom. The molecule has 15 heavy (non-hydrogen) atoms. The topological polar surface area (TPSA) is 20.3 Å². The van der Waals surface area contributed by atoms with Gasteiger partial charge in [0.2, 0.25) is 0 Å². The lowest BCUT2D eigenvalue weighted by molar-refractivity contribution is 0.0835. The van der Waals surface area contributed by atoms with Gasteiger partial charge >= 0.3 is 0 Å². The Morgan fingerprint density at radius 2 is 2.13 bits per heavy atom. The van der Waals surface area contributed by atoms with Crippen LogP contribution in [0.2, 0.25) is 0 Å². The summed E-state index contributed by atoms with van der Waals surface area (Å²) in [4.78, 5) is 14.9. The molecule has 1 amide bonds. The molecule has 0 aromatic heterocycles. The minimum Gasteiger partial charge on any atom is -0.315 e. The van der Waals surface area contributed by atoms with E-state index < -0.39 is 0 Å². The Kier molecular flexibility index (Phi) is 2.82. The first kappa shape index (κ1) is 10.3. The highest BCUT2D eigenvalue weighted by Crippen LogP contribution is 2.30. The standard InChI is InChI=1S/C12H13NOS/c1-3-9-8-15-11-7-5-4-6-10(11)12(14)13(9)2/h3-7H,8H2,1-2H3. The van der Waals surface area contributed by atoms with Crippen molar-refractivity contribution >= 4 is 17.7 Å². The number of nitrogens with zero attached hydrogens (tertiary/aromatic N) is 1. The molecule has 0 atom stereocenters. The smallest absolute Gasteiger partial charge is 0.258 e. The quantitative estimate of drug-likeness (QED) is 0.668. The lowest BCUT2D eigenvalue weighted by Crippen LogP contribution is -2.25. The summed E-state index contributed by atoms with van der Waals surface area (Å²) in [7, 11) is 1.83. The largest absolute Gasteiger partial charge is 0.315 e. The summed E-state index contributed by atoms with van der Waals surface area (Å²) in [6.45, 7) is 1.97. The second-order valence-electron chi connectivity index (χ2n) is 3.43. The summed E-state index contributed by atoms with van der Waals surface area (Å²) in [5.41, 5.74) is 1.88. The van der Waals surface area contributed by atoms with Crippen LogP contribution in [0.5, 0.6) is 0 Å². The fraction of sp³-hybridized carbons (Fsp3) is 0.250. The third-order valence-corrected chi connectivity index (χ3v) is 3.67. The van der Waals surface area contributed by atoms with E-state index >= 15 is 0 Å². The van der Waals surface area contributed by atoms with Gasteiger partial charge in [0.25, 0.3) is 5.91 Å². The number of thioether (sulfide) groups is 1. The highest BCUT2D eigenvalue weighted by molar-refractivity contribution is 7.99. The maximum atomic E-state index is 12.1. The lowest BCUT2D eigenvalue weighted by atomic mass is 10.2. The zero-order chi connectivity index (χ0) is 10.8. The average Bonchev–Trinajstić information content (AvgIpc) is 2.39. The maximum absolute atomic E-state index is 12.1. The average molecular weight is 219 g/mol. The summed E-state index contributed by atoms with van der Waals surface area (Å²) in [5, 5.41) is 0. The van der Waals surface area contributed by atoms with Crippen molar-refractivity contribution in [2.24, 2.45) is 0 Å². The van der Waals surface area contributed by atoms with Crippen molar-refractivity contribution in [3.05, 3.63) is 41.6 Å². The SMILES string of the molecule is CC=C1CSc2ccccc2C(=O)N1C. The van der Waals surface area contributed by atoms with E-state index in [1.54, 1.807) is 16.7 Å². The molecule has 2 rings (SSSR count). The summed E-state index contributed by atoms with van der Waals surface area (Å²) >= 11 is 1.72. The summed E-state index contributed by atoms with van der Waals surface area (Å²) in [6, 6.07) is 7.77. The van der Waals surface area contributed by atoms with E-state index in [0.29, 0.717) is 0 Å². The number of allylic oxidation sites excluding steroid dienone is 1. The molecule has 1 aliphatic rings. The van der Waals surface area contributed by atoms with Crippen LogP contribution in [0.1, 0.15) is 17.3 Å². The van der Waals surface area contributed by atoms with Gasteiger partial charge in [0.1, 0.15) is 0 Å². The van der Waals surface area contributed by atoms with Crippen LogP contribution >= 0.6 is 11.8 Å². The number of hydrogen-bond donors (Lipinski definition) is 0. The Bertz CT molecular complexity index is 425. The first-order chi connectivity index (χ1) is 7.24. The van der Waals surface area contributed by atoms with Crippen molar-refractivity contribution in [2.75, 3.05) is 12.8 Å². The van der Waals surface area contributed by atoms with Gasteiger partial charge in [0, 0.05) is 23.4 Å². The van der Waals surface area contributed by atoms with E-state index in [-0.39, 0.29) is 5.91 Å². The molecule has 0 bridgehead atoms. The van der Waals surface area contributed by atoms with Crippen molar-refractivity contribution in [3.63, 3.8) is 0 Å². The molecule has 0 spiro atoms. The molecule has 1 aromatic carbocycles. The van der Waals surface area contributed by atoms with Gasteiger partial charge in [-0.3, -0.25) is 4.79 Å². The molecule has 3 heteroatoms.